The topological polar surface area (TPSA) is 243 Å². The fraction of sp³-hybridized carbons (Fsp3) is 0.791. The number of amides is 2. The summed E-state index contributed by atoms with van der Waals surface area (Å²) in [6, 6.07) is 5.97. The van der Waals surface area contributed by atoms with E-state index in [1.54, 1.807) is 46.8 Å². The molecule has 2 fully saturated rings. The molecule has 2 amide bonds. The van der Waals surface area contributed by atoms with E-state index in [1.807, 2.05) is 43.8 Å². The number of hydrogen-bond donors (Lipinski definition) is 6. The lowest BCUT2D eigenvalue weighted by Gasteiger charge is -2.46. The van der Waals surface area contributed by atoms with Gasteiger partial charge in [-0.2, -0.15) is 5.26 Å². The average Bonchev–Trinajstić information content (AvgIpc) is 3.18. The molecule has 0 bridgehead atoms. The van der Waals surface area contributed by atoms with E-state index in [-0.39, 0.29) is 74.8 Å². The van der Waals surface area contributed by atoms with Gasteiger partial charge in [-0.05, 0) is 99.4 Å². The van der Waals surface area contributed by atoms with Crippen molar-refractivity contribution in [2.45, 2.75) is 166 Å². The minimum absolute atomic E-state index is 0.0211. The number of urea groups is 1. The lowest BCUT2D eigenvalue weighted by Crippen LogP contribution is -2.59. The van der Waals surface area contributed by atoms with Crippen LogP contribution in [-0.4, -0.2) is 167 Å². The van der Waals surface area contributed by atoms with Gasteiger partial charge in [0.25, 0.3) is 10.0 Å². The second kappa shape index (κ2) is 22.1. The van der Waals surface area contributed by atoms with Gasteiger partial charge in [0, 0.05) is 44.2 Å². The predicted octanol–water partition coefficient (Wildman–Crippen LogP) is 2.36. The molecule has 2 aliphatic rings. The number of nitrogens with zero attached hydrogens (tertiary/aromatic N) is 4. The second-order valence-electron chi connectivity index (χ2n) is 18.1. The maximum Gasteiger partial charge on any atom is 0.331 e. The molecule has 0 aliphatic carbocycles. The summed E-state index contributed by atoms with van der Waals surface area (Å²) in [7, 11) is -0.548. The van der Waals surface area contributed by atoms with Crippen molar-refractivity contribution in [3.63, 3.8) is 0 Å². The SMILES string of the molecule is CC[C@H]1OC(=O)[C@H](C)[C@@H](O)[C@H](C)[C@@H](O[C@@H]2O[C@H](C)C[C@H](N(C)C)[C@H]2O)[C@](C)(O)C[C@@H](C)CN(CCCN(CCC#N)C(=O)NS(=O)(=O)c2ccc(C)cc2)[C@H](C)[C@@H](O)[C@]1(C)O. The molecule has 1 aromatic rings. The van der Waals surface area contributed by atoms with E-state index in [0.29, 0.717) is 6.42 Å². The van der Waals surface area contributed by atoms with Crippen LogP contribution in [0.3, 0.4) is 0 Å². The van der Waals surface area contributed by atoms with Crippen molar-refractivity contribution < 1.29 is 57.8 Å². The number of rotatable bonds is 12. The Morgan fingerprint density at radius 3 is 2.25 bits per heavy atom. The van der Waals surface area contributed by atoms with Crippen LogP contribution in [0.4, 0.5) is 4.79 Å². The van der Waals surface area contributed by atoms with Crippen molar-refractivity contribution in [3.8, 4) is 6.07 Å². The molecule has 0 radical (unpaired) electrons. The number of benzene rings is 1. The van der Waals surface area contributed by atoms with Crippen LogP contribution in [0.15, 0.2) is 29.2 Å². The zero-order chi connectivity index (χ0) is 46.2. The summed E-state index contributed by atoms with van der Waals surface area (Å²) in [6.45, 7) is 15.4. The highest BCUT2D eigenvalue weighted by Gasteiger charge is 2.50. The Bertz CT molecular complexity index is 1720. The molecule has 18 heteroatoms. The number of carbonyl (C=O) groups is 2. The van der Waals surface area contributed by atoms with E-state index in [4.69, 9.17) is 14.2 Å². The van der Waals surface area contributed by atoms with Crippen molar-refractivity contribution >= 4 is 22.0 Å². The highest BCUT2D eigenvalue weighted by molar-refractivity contribution is 7.90. The summed E-state index contributed by atoms with van der Waals surface area (Å²) in [5.41, 5.74) is -2.83. The molecule has 14 atom stereocenters. The Kier molecular flexibility index (Phi) is 19.0. The van der Waals surface area contributed by atoms with Gasteiger partial charge in [0.1, 0.15) is 23.9 Å². The van der Waals surface area contributed by atoms with Gasteiger partial charge in [-0.15, -0.1) is 0 Å². The first-order valence-corrected chi connectivity index (χ1v) is 22.9. The number of likely N-dealkylation sites (N-methyl/N-ethyl adjacent to an activating group) is 1. The number of ether oxygens (including phenoxy) is 3. The maximum atomic E-state index is 13.7. The molecule has 0 saturated carbocycles. The van der Waals surface area contributed by atoms with Crippen molar-refractivity contribution in [1.29, 1.82) is 5.26 Å². The first kappa shape index (κ1) is 52.4. The van der Waals surface area contributed by atoms with E-state index < -0.39 is 87.9 Å². The summed E-state index contributed by atoms with van der Waals surface area (Å²) in [6.07, 6.45) is -6.97. The molecule has 0 spiro atoms. The van der Waals surface area contributed by atoms with Gasteiger partial charge in [-0.3, -0.25) is 9.69 Å². The Morgan fingerprint density at radius 1 is 1.05 bits per heavy atom. The van der Waals surface area contributed by atoms with Crippen LogP contribution in [0.5, 0.6) is 0 Å². The monoisotopic (exact) mass is 883 g/mol. The Hall–Kier alpha value is -2.96. The van der Waals surface area contributed by atoms with Gasteiger partial charge in [-0.1, -0.05) is 38.5 Å². The van der Waals surface area contributed by atoms with Crippen molar-refractivity contribution in [3.05, 3.63) is 29.8 Å². The van der Waals surface area contributed by atoms with Gasteiger partial charge < -0.3 is 49.5 Å². The van der Waals surface area contributed by atoms with E-state index in [1.165, 1.54) is 30.9 Å². The lowest BCUT2D eigenvalue weighted by molar-refractivity contribution is -0.299. The molecule has 17 nitrogen and oxygen atoms in total. The zero-order valence-corrected chi connectivity index (χ0v) is 38.7. The van der Waals surface area contributed by atoms with E-state index in [9.17, 15) is 48.8 Å². The van der Waals surface area contributed by atoms with Crippen molar-refractivity contribution in [2.24, 2.45) is 17.8 Å². The predicted molar refractivity (Wildman–Crippen MR) is 227 cm³/mol. The van der Waals surface area contributed by atoms with Crippen LogP contribution < -0.4 is 4.72 Å². The number of hydrogen-bond acceptors (Lipinski definition) is 15. The smallest absolute Gasteiger partial charge is 0.331 e. The van der Waals surface area contributed by atoms with Crippen LogP contribution in [0.1, 0.15) is 93.1 Å². The third kappa shape index (κ3) is 13.5. The molecular formula is C43H73N5O12S. The molecule has 2 aliphatic heterocycles. The summed E-state index contributed by atoms with van der Waals surface area (Å²) in [5.74, 6) is -3.26. The number of sulfonamides is 1. The van der Waals surface area contributed by atoms with Crippen LogP contribution in [0.25, 0.3) is 0 Å². The molecule has 6 N–H and O–H groups in total. The summed E-state index contributed by atoms with van der Waals surface area (Å²) in [4.78, 5) is 32.0. The Labute approximate surface area is 363 Å². The molecule has 61 heavy (non-hydrogen) atoms. The number of cyclic esters (lactones) is 1. The first-order valence-electron chi connectivity index (χ1n) is 21.4. The van der Waals surface area contributed by atoms with Crippen LogP contribution in [0.2, 0.25) is 0 Å². The van der Waals surface area contributed by atoms with E-state index in [0.717, 1.165) is 5.56 Å². The average molecular weight is 884 g/mol. The minimum atomic E-state index is -4.22. The fourth-order valence-electron chi connectivity index (χ4n) is 8.82. The number of esters is 1. The fourth-order valence-corrected chi connectivity index (χ4v) is 9.79. The minimum Gasteiger partial charge on any atom is -0.459 e. The van der Waals surface area contributed by atoms with Gasteiger partial charge in [0.15, 0.2) is 6.29 Å². The maximum absolute atomic E-state index is 13.7. The number of nitriles is 1. The number of aryl methyl sites for hydroxylation is 1. The molecule has 3 rings (SSSR count). The van der Waals surface area contributed by atoms with Crippen molar-refractivity contribution in [2.75, 3.05) is 40.3 Å². The van der Waals surface area contributed by atoms with Crippen LogP contribution in [0, 0.1) is 36.0 Å². The van der Waals surface area contributed by atoms with Gasteiger partial charge in [-0.25, -0.2) is 17.9 Å². The molecule has 0 aromatic heterocycles. The standard InChI is InChI=1S/C43H73N5O12S/c1-12-34-43(9,55)37(51)31(7)48(22-14-21-47(20-13-19-44)41(53)45-61(56,57)32-17-15-26(2)16-18-32)25-27(3)24-42(8,54)38(29(5)35(49)30(6)39(52)59-34)60-40-36(50)33(46(10)11)23-28(4)58-40/h15-18,27-31,33-38,40,49-51,54-55H,12-14,20-25H2,1-11H3,(H,45,53)/t27-,28-,29+,30-,31-,33+,34-,35+,36-,37-,38-,40+,42-,43-/m1/s1. The van der Waals surface area contributed by atoms with Crippen LogP contribution in [-0.2, 0) is 29.0 Å². The largest absolute Gasteiger partial charge is 0.459 e. The van der Waals surface area contributed by atoms with Crippen LogP contribution >= 0.6 is 0 Å². The number of aliphatic hydroxyl groups excluding tert-OH is 3. The van der Waals surface area contributed by atoms with Gasteiger partial charge in [0.05, 0.1) is 47.2 Å². The number of nitrogens with one attached hydrogen (secondary N) is 1. The number of carbonyl (C=O) groups excluding carboxylic acids is 2. The normalized spacial score (nSPS) is 36.3. The number of aliphatic hydroxyl groups is 5. The lowest BCUT2D eigenvalue weighted by atomic mass is 9.78. The van der Waals surface area contributed by atoms with E-state index >= 15 is 0 Å². The Morgan fingerprint density at radius 2 is 1.67 bits per heavy atom. The molecular weight excluding hydrogens is 811 g/mol. The highest BCUT2D eigenvalue weighted by atomic mass is 32.2. The van der Waals surface area contributed by atoms with E-state index in [2.05, 4.69) is 4.72 Å². The quantitative estimate of drug-likeness (QED) is 0.165. The summed E-state index contributed by atoms with van der Waals surface area (Å²) in [5, 5.41) is 68.6. The third-order valence-corrected chi connectivity index (χ3v) is 13.8. The van der Waals surface area contributed by atoms with Gasteiger partial charge in [0.2, 0.25) is 0 Å². The summed E-state index contributed by atoms with van der Waals surface area (Å²) < 4.78 is 46.7. The Balaban J connectivity index is 1.99. The second-order valence-corrected chi connectivity index (χ2v) is 19.8. The first-order chi connectivity index (χ1) is 28.3. The molecule has 0 unspecified atom stereocenters. The molecule has 1 aromatic carbocycles. The summed E-state index contributed by atoms with van der Waals surface area (Å²) >= 11 is 0. The molecule has 348 valence electrons. The third-order valence-electron chi connectivity index (χ3n) is 12.5. The highest BCUT2D eigenvalue weighted by Crippen LogP contribution is 2.37. The molecule has 2 saturated heterocycles. The zero-order valence-electron chi connectivity index (χ0n) is 37.9. The van der Waals surface area contributed by atoms with Gasteiger partial charge >= 0.3 is 12.0 Å². The van der Waals surface area contributed by atoms with Crippen molar-refractivity contribution in [1.82, 2.24) is 19.4 Å². The molecule has 2 heterocycles.